The molecule has 0 atom stereocenters. The van der Waals surface area contributed by atoms with Crippen molar-refractivity contribution in [2.45, 2.75) is 0 Å². The number of nitrogens with zero attached hydrogens (tertiary/aromatic N) is 3. The molecule has 8 aromatic carbocycles. The second-order valence-corrected chi connectivity index (χ2v) is 16.8. The molecule has 0 radical (unpaired) electrons. The summed E-state index contributed by atoms with van der Waals surface area (Å²) >= 11 is 1.91. The van der Waals surface area contributed by atoms with E-state index >= 15 is 0 Å². The lowest BCUT2D eigenvalue weighted by Crippen LogP contribution is -2.47. The van der Waals surface area contributed by atoms with Gasteiger partial charge in [-0.05, 0) is 61.7 Å². The van der Waals surface area contributed by atoms with Crippen LogP contribution in [0.5, 0.6) is 0 Å². The zero-order valence-corrected chi connectivity index (χ0v) is 35.0. The summed E-state index contributed by atoms with van der Waals surface area (Å²) in [5, 5.41) is 5.04. The SMILES string of the molecule is Bc1c(B)c(B)c2c(sc3c(B)c(-c4ccccc4)c(B)c(-c4nc(-c5ccccc5)nc(-c5cccc(-c6ccc(-c7ccc8ccccc8c7)cc6)c5)n4)c32)c1B. The first kappa shape index (κ1) is 36.9. The first-order chi connectivity index (χ1) is 28.7. The van der Waals surface area contributed by atoms with E-state index < -0.39 is 0 Å². The molecule has 3 nitrogen and oxygen atoms in total. The van der Waals surface area contributed by atoms with Crippen LogP contribution in [0.25, 0.3) is 98.5 Å². The summed E-state index contributed by atoms with van der Waals surface area (Å²) in [7, 11) is 13.6. The Morgan fingerprint density at radius 1 is 0.305 bits per heavy atom. The Hall–Kier alpha value is -6.36. The number of aromatic nitrogens is 3. The minimum Gasteiger partial charge on any atom is -0.208 e. The lowest BCUT2D eigenvalue weighted by atomic mass is 9.65. The molecule has 272 valence electrons. The van der Waals surface area contributed by atoms with E-state index in [4.69, 9.17) is 15.0 Å². The van der Waals surface area contributed by atoms with Crippen LogP contribution in [-0.2, 0) is 0 Å². The quantitative estimate of drug-likeness (QED) is 0.245. The molecule has 10 heteroatoms. The highest BCUT2D eigenvalue weighted by Crippen LogP contribution is 2.39. The molecular formula is C49H37B6N3S. The molecule has 0 spiro atoms. The van der Waals surface area contributed by atoms with Crippen molar-refractivity contribution >= 4 is 122 Å². The van der Waals surface area contributed by atoms with Crippen LogP contribution in [0.3, 0.4) is 0 Å². The predicted octanol–water partition coefficient (Wildman–Crippen LogP) is 2.95. The van der Waals surface area contributed by atoms with Gasteiger partial charge < -0.3 is 0 Å². The smallest absolute Gasteiger partial charge is 0.164 e. The van der Waals surface area contributed by atoms with Crippen molar-refractivity contribution in [2.75, 3.05) is 0 Å². The monoisotopic (exact) mass is 765 g/mol. The van der Waals surface area contributed by atoms with Crippen molar-refractivity contribution in [1.29, 1.82) is 0 Å². The molecule has 59 heavy (non-hydrogen) atoms. The molecular weight excluding hydrogens is 727 g/mol. The fourth-order valence-electron chi connectivity index (χ4n) is 8.90. The van der Waals surface area contributed by atoms with E-state index in [9.17, 15) is 0 Å². The minimum atomic E-state index is 0.650. The van der Waals surface area contributed by atoms with Crippen LogP contribution < -0.4 is 32.8 Å². The zero-order chi connectivity index (χ0) is 40.4. The molecule has 0 fully saturated rings. The molecule has 10 rings (SSSR count). The third kappa shape index (κ3) is 6.34. The fourth-order valence-corrected chi connectivity index (χ4v) is 10.3. The largest absolute Gasteiger partial charge is 0.208 e. The summed E-state index contributed by atoms with van der Waals surface area (Å²) < 4.78 is 2.62. The Morgan fingerprint density at radius 3 is 1.51 bits per heavy atom. The van der Waals surface area contributed by atoms with Gasteiger partial charge in [-0.2, -0.15) is 0 Å². The summed E-state index contributed by atoms with van der Waals surface area (Å²) in [6.07, 6.45) is 0. The van der Waals surface area contributed by atoms with Crippen molar-refractivity contribution in [2.24, 2.45) is 0 Å². The maximum absolute atomic E-state index is 5.45. The van der Waals surface area contributed by atoms with Crippen LogP contribution in [-0.4, -0.2) is 62.0 Å². The summed E-state index contributed by atoms with van der Waals surface area (Å²) in [5.41, 5.74) is 17.9. The van der Waals surface area contributed by atoms with Gasteiger partial charge in [-0.3, -0.25) is 0 Å². The highest BCUT2D eigenvalue weighted by molar-refractivity contribution is 7.28. The van der Waals surface area contributed by atoms with E-state index in [0.717, 1.165) is 27.8 Å². The number of benzene rings is 8. The second-order valence-electron chi connectivity index (χ2n) is 15.8. The third-order valence-corrected chi connectivity index (χ3v) is 13.8. The number of fused-ring (bicyclic) bond motifs is 4. The van der Waals surface area contributed by atoms with Crippen molar-refractivity contribution in [3.8, 4) is 67.5 Å². The van der Waals surface area contributed by atoms with E-state index in [0.29, 0.717) is 17.5 Å². The Labute approximate surface area is 354 Å². The minimum absolute atomic E-state index is 0.650. The van der Waals surface area contributed by atoms with Crippen LogP contribution in [0, 0.1) is 0 Å². The van der Waals surface area contributed by atoms with E-state index in [1.807, 2.05) is 29.5 Å². The molecule has 0 bridgehead atoms. The molecule has 0 saturated carbocycles. The van der Waals surface area contributed by atoms with Gasteiger partial charge in [0.05, 0.1) is 0 Å². The second kappa shape index (κ2) is 14.8. The summed E-state index contributed by atoms with van der Waals surface area (Å²) in [6.45, 7) is 0. The van der Waals surface area contributed by atoms with Crippen molar-refractivity contribution in [1.82, 2.24) is 15.0 Å². The zero-order valence-electron chi connectivity index (χ0n) is 34.2. The van der Waals surface area contributed by atoms with Crippen LogP contribution in [0.15, 0.2) is 152 Å². The lowest BCUT2D eigenvalue weighted by Gasteiger charge is -2.19. The molecule has 2 heterocycles. The van der Waals surface area contributed by atoms with Gasteiger partial charge in [0.15, 0.2) is 17.5 Å². The first-order valence-corrected chi connectivity index (χ1v) is 21.1. The molecule has 0 amide bonds. The van der Waals surface area contributed by atoms with Gasteiger partial charge >= 0.3 is 0 Å². The van der Waals surface area contributed by atoms with Crippen LogP contribution in [0.1, 0.15) is 0 Å². The Balaban J connectivity index is 1.18. The first-order valence-electron chi connectivity index (χ1n) is 20.3. The molecule has 2 aromatic heterocycles. The van der Waals surface area contributed by atoms with Gasteiger partial charge in [0.1, 0.15) is 47.1 Å². The van der Waals surface area contributed by atoms with Crippen LogP contribution in [0.4, 0.5) is 0 Å². The Morgan fingerprint density at radius 2 is 0.814 bits per heavy atom. The maximum atomic E-state index is 5.45. The van der Waals surface area contributed by atoms with E-state index in [1.54, 1.807) is 0 Å². The number of thiophene rings is 1. The Kier molecular flexibility index (Phi) is 9.26. The molecule has 0 saturated heterocycles. The van der Waals surface area contributed by atoms with Crippen LogP contribution >= 0.6 is 11.3 Å². The van der Waals surface area contributed by atoms with E-state index in [2.05, 4.69) is 181 Å². The predicted molar refractivity (Wildman–Crippen MR) is 272 cm³/mol. The van der Waals surface area contributed by atoms with Gasteiger partial charge in [-0.1, -0.05) is 161 Å². The van der Waals surface area contributed by atoms with Gasteiger partial charge in [0.2, 0.25) is 0 Å². The maximum Gasteiger partial charge on any atom is 0.164 e. The third-order valence-electron chi connectivity index (χ3n) is 12.4. The normalized spacial score (nSPS) is 11.5. The average molecular weight is 765 g/mol. The molecule has 0 aliphatic carbocycles. The highest BCUT2D eigenvalue weighted by atomic mass is 32.1. The molecule has 0 aliphatic rings. The topological polar surface area (TPSA) is 38.7 Å². The van der Waals surface area contributed by atoms with Gasteiger partial charge in [0, 0.05) is 31.5 Å². The van der Waals surface area contributed by atoms with Gasteiger partial charge in [-0.25, -0.2) is 15.0 Å². The van der Waals surface area contributed by atoms with E-state index in [1.165, 1.54) is 86.0 Å². The van der Waals surface area contributed by atoms with Crippen molar-refractivity contribution < 1.29 is 0 Å². The molecule has 0 unspecified atom stereocenters. The number of hydrogen-bond donors (Lipinski definition) is 0. The Bertz CT molecular complexity index is 3280. The molecule has 10 aromatic rings. The standard InChI is InChI=1S/C49H37B6N3S/c50-39-35(29-11-3-1-4-12-29)41(52)45-36(37-40(51)42(53)43(54)44(55)46(37)59-45)38(39)49-57-47(30-13-5-2-6-14-30)56-48(58-49)34-17-9-16-32(25-34)27-18-20-28(21-19-27)33-23-22-26-10-7-8-15-31(26)24-33/h1-25H,50-55H2. The fraction of sp³-hybridized carbons (Fsp3) is 0. The number of rotatable bonds is 6. The van der Waals surface area contributed by atoms with Gasteiger partial charge in [-0.15, -0.1) is 22.3 Å². The van der Waals surface area contributed by atoms with E-state index in [-0.39, 0.29) is 0 Å². The van der Waals surface area contributed by atoms with Gasteiger partial charge in [0.25, 0.3) is 0 Å². The van der Waals surface area contributed by atoms with Crippen molar-refractivity contribution in [3.05, 3.63) is 152 Å². The lowest BCUT2D eigenvalue weighted by molar-refractivity contribution is 1.08. The number of hydrogen-bond acceptors (Lipinski definition) is 4. The molecule has 0 aliphatic heterocycles. The summed E-state index contributed by atoms with van der Waals surface area (Å²) in [5.74, 6) is 2.00. The van der Waals surface area contributed by atoms with Crippen LogP contribution in [0.2, 0.25) is 0 Å². The molecule has 0 N–H and O–H groups in total. The van der Waals surface area contributed by atoms with Crippen molar-refractivity contribution in [3.63, 3.8) is 0 Å². The summed E-state index contributed by atoms with van der Waals surface area (Å²) in [4.78, 5) is 16.0. The summed E-state index contributed by atoms with van der Waals surface area (Å²) in [6, 6.07) is 53.7. The average Bonchev–Trinajstić information content (AvgIpc) is 3.69. The highest BCUT2D eigenvalue weighted by Gasteiger charge is 2.26.